The largest absolute Gasteiger partial charge is 0.378 e. The fourth-order valence-corrected chi connectivity index (χ4v) is 4.87. The molecule has 0 spiro atoms. The van der Waals surface area contributed by atoms with Crippen LogP contribution >= 0.6 is 11.6 Å². The molecule has 1 aliphatic heterocycles. The minimum Gasteiger partial charge on any atom is -0.378 e. The summed E-state index contributed by atoms with van der Waals surface area (Å²) in [6.07, 6.45) is 6.32. The first-order valence-corrected chi connectivity index (χ1v) is 12.2. The quantitative estimate of drug-likeness (QED) is 0.627. The van der Waals surface area contributed by atoms with E-state index in [1.54, 1.807) is 7.11 Å². The molecule has 1 amide bonds. The van der Waals surface area contributed by atoms with Gasteiger partial charge in [-0.2, -0.15) is 0 Å². The Balaban J connectivity index is 1.43. The number of benzene rings is 1. The molecule has 1 aromatic heterocycles. The van der Waals surface area contributed by atoms with Gasteiger partial charge < -0.3 is 14.5 Å². The molecule has 0 bridgehead atoms. The van der Waals surface area contributed by atoms with E-state index in [0.717, 1.165) is 85.3 Å². The first-order chi connectivity index (χ1) is 15.6. The number of ether oxygens (including phenoxy) is 1. The fraction of sp³-hybridized carbons (Fsp3) is 0.560. The molecule has 0 radical (unpaired) electrons. The van der Waals surface area contributed by atoms with Crippen molar-refractivity contribution in [1.29, 1.82) is 0 Å². The van der Waals surface area contributed by atoms with Gasteiger partial charge in [0.25, 0.3) is 0 Å². The third-order valence-corrected chi connectivity index (χ3v) is 7.16. The van der Waals surface area contributed by atoms with Gasteiger partial charge in [-0.15, -0.1) is 0 Å². The van der Waals surface area contributed by atoms with Crippen LogP contribution in [-0.2, 0) is 22.6 Å². The highest BCUT2D eigenvalue weighted by Gasteiger charge is 2.33. The lowest BCUT2D eigenvalue weighted by molar-refractivity contribution is -0.138. The van der Waals surface area contributed by atoms with Crippen molar-refractivity contribution < 1.29 is 9.53 Å². The number of halogens is 1. The van der Waals surface area contributed by atoms with Crippen molar-refractivity contribution in [1.82, 2.24) is 14.9 Å². The SMILES string of the molecule is COCc1nc(C2CC2)nc(N2CCN(C(=O)C3CCC3)CC2)c1Cc1cccc(Cl)c1. The molecule has 32 heavy (non-hydrogen) atoms. The lowest BCUT2D eigenvalue weighted by Gasteiger charge is -2.39. The van der Waals surface area contributed by atoms with E-state index in [9.17, 15) is 4.79 Å². The molecule has 0 N–H and O–H groups in total. The summed E-state index contributed by atoms with van der Waals surface area (Å²) in [5, 5.41) is 0.732. The Morgan fingerprint density at radius 3 is 2.53 bits per heavy atom. The Bertz CT molecular complexity index is 982. The minimum atomic E-state index is 0.258. The van der Waals surface area contributed by atoms with E-state index < -0.39 is 0 Å². The zero-order valence-corrected chi connectivity index (χ0v) is 19.5. The van der Waals surface area contributed by atoms with Gasteiger partial charge in [0.1, 0.15) is 11.6 Å². The number of amides is 1. The van der Waals surface area contributed by atoms with Gasteiger partial charge >= 0.3 is 0 Å². The summed E-state index contributed by atoms with van der Waals surface area (Å²) >= 11 is 6.26. The van der Waals surface area contributed by atoms with Crippen LogP contribution in [0.1, 0.15) is 60.7 Å². The van der Waals surface area contributed by atoms with Crippen LogP contribution in [0.25, 0.3) is 0 Å². The highest BCUT2D eigenvalue weighted by atomic mass is 35.5. The van der Waals surface area contributed by atoms with Crippen molar-refractivity contribution in [3.05, 3.63) is 51.9 Å². The molecule has 0 unspecified atom stereocenters. The number of carbonyl (C=O) groups excluding carboxylic acids is 1. The highest BCUT2D eigenvalue weighted by Crippen LogP contribution is 2.40. The van der Waals surface area contributed by atoms with Crippen molar-refractivity contribution >= 4 is 23.3 Å². The lowest BCUT2D eigenvalue weighted by atomic mass is 9.84. The standard InChI is InChI=1S/C25H31ClN4O2/c1-32-16-22-21(15-17-4-2-7-20(26)14-17)24(28-23(27-22)18-8-9-18)29-10-12-30(13-11-29)25(31)19-5-3-6-19/h2,4,7,14,18-19H,3,5-6,8-13,15-16H2,1H3. The summed E-state index contributed by atoms with van der Waals surface area (Å²) in [6, 6.07) is 7.98. The van der Waals surface area contributed by atoms with Gasteiger partial charge in [0.05, 0.1) is 12.3 Å². The Labute approximate surface area is 194 Å². The number of nitrogens with zero attached hydrogens (tertiary/aromatic N) is 4. The summed E-state index contributed by atoms with van der Waals surface area (Å²) in [7, 11) is 1.71. The van der Waals surface area contributed by atoms with Crippen molar-refractivity contribution in [2.24, 2.45) is 5.92 Å². The molecule has 3 fully saturated rings. The van der Waals surface area contributed by atoms with Crippen molar-refractivity contribution in [2.45, 2.75) is 51.0 Å². The average molecular weight is 455 g/mol. The maximum Gasteiger partial charge on any atom is 0.225 e. The van der Waals surface area contributed by atoms with Gasteiger partial charge in [-0.25, -0.2) is 9.97 Å². The molecule has 5 rings (SSSR count). The topological polar surface area (TPSA) is 58.6 Å². The summed E-state index contributed by atoms with van der Waals surface area (Å²) in [6.45, 7) is 3.58. The molecule has 170 valence electrons. The van der Waals surface area contributed by atoms with Gasteiger partial charge in [-0.3, -0.25) is 4.79 Å². The molecular formula is C25H31ClN4O2. The molecule has 6 nitrogen and oxygen atoms in total. The Hall–Kier alpha value is -2.18. The normalized spacial score (nSPS) is 19.2. The maximum absolute atomic E-state index is 12.7. The summed E-state index contributed by atoms with van der Waals surface area (Å²) in [5.74, 6) is 3.01. The van der Waals surface area contributed by atoms with E-state index in [1.165, 1.54) is 6.42 Å². The van der Waals surface area contributed by atoms with Crippen molar-refractivity contribution in [3.63, 3.8) is 0 Å². The zero-order valence-electron chi connectivity index (χ0n) is 18.7. The molecule has 3 aliphatic rings. The zero-order chi connectivity index (χ0) is 22.1. The number of carbonyl (C=O) groups is 1. The van der Waals surface area contributed by atoms with Crippen LogP contribution in [0.4, 0.5) is 5.82 Å². The smallest absolute Gasteiger partial charge is 0.225 e. The number of hydrogen-bond acceptors (Lipinski definition) is 5. The van der Waals surface area contributed by atoms with Gasteiger partial charge in [0, 0.05) is 62.1 Å². The second-order valence-corrected chi connectivity index (χ2v) is 9.72. The van der Waals surface area contributed by atoms with E-state index in [2.05, 4.69) is 15.9 Å². The third-order valence-electron chi connectivity index (χ3n) is 6.93. The summed E-state index contributed by atoms with van der Waals surface area (Å²) < 4.78 is 5.53. The molecule has 7 heteroatoms. The number of anilines is 1. The van der Waals surface area contributed by atoms with E-state index in [-0.39, 0.29) is 5.92 Å². The number of aromatic nitrogens is 2. The molecule has 0 atom stereocenters. The molecule has 2 saturated carbocycles. The van der Waals surface area contributed by atoms with Crippen molar-refractivity contribution in [2.75, 3.05) is 38.2 Å². The van der Waals surface area contributed by atoms with Crippen molar-refractivity contribution in [3.8, 4) is 0 Å². The number of hydrogen-bond donors (Lipinski definition) is 0. The van der Waals surface area contributed by atoms with Gasteiger partial charge in [0.2, 0.25) is 5.91 Å². The Morgan fingerprint density at radius 2 is 1.91 bits per heavy atom. The highest BCUT2D eigenvalue weighted by molar-refractivity contribution is 6.30. The molecular weight excluding hydrogens is 424 g/mol. The predicted molar refractivity (Wildman–Crippen MR) is 125 cm³/mol. The maximum atomic E-state index is 12.7. The van der Waals surface area contributed by atoms with E-state index in [4.69, 9.17) is 26.3 Å². The van der Waals surface area contributed by atoms with Crippen LogP contribution in [-0.4, -0.2) is 54.1 Å². The Morgan fingerprint density at radius 1 is 1.12 bits per heavy atom. The summed E-state index contributed by atoms with van der Waals surface area (Å²) in [4.78, 5) is 27.1. The fourth-order valence-electron chi connectivity index (χ4n) is 4.66. The Kier molecular flexibility index (Phi) is 6.33. The van der Waals surface area contributed by atoms with Crippen LogP contribution in [0, 0.1) is 5.92 Å². The average Bonchev–Trinajstić information content (AvgIpc) is 3.59. The number of piperazine rings is 1. The van der Waals surface area contributed by atoms with E-state index in [1.807, 2.05) is 18.2 Å². The van der Waals surface area contributed by atoms with Gasteiger partial charge in [-0.1, -0.05) is 30.2 Å². The summed E-state index contributed by atoms with van der Waals surface area (Å²) in [5.41, 5.74) is 3.21. The molecule has 2 aromatic rings. The second-order valence-electron chi connectivity index (χ2n) is 9.28. The molecule has 1 saturated heterocycles. The minimum absolute atomic E-state index is 0.258. The lowest BCUT2D eigenvalue weighted by Crippen LogP contribution is -2.51. The number of rotatable bonds is 7. The van der Waals surface area contributed by atoms with Crippen LogP contribution in [0.3, 0.4) is 0 Å². The first kappa shape index (κ1) is 21.7. The van der Waals surface area contributed by atoms with Gasteiger partial charge in [0.15, 0.2) is 0 Å². The molecule has 2 aliphatic carbocycles. The van der Waals surface area contributed by atoms with Crippen LogP contribution < -0.4 is 4.90 Å². The van der Waals surface area contributed by atoms with Crippen LogP contribution in [0.2, 0.25) is 5.02 Å². The van der Waals surface area contributed by atoms with Crippen LogP contribution in [0.15, 0.2) is 24.3 Å². The van der Waals surface area contributed by atoms with E-state index in [0.29, 0.717) is 24.9 Å². The monoisotopic (exact) mass is 454 g/mol. The predicted octanol–water partition coefficient (Wildman–Crippen LogP) is 4.19. The second kappa shape index (κ2) is 9.36. The molecule has 1 aromatic carbocycles. The molecule has 2 heterocycles. The van der Waals surface area contributed by atoms with Gasteiger partial charge in [-0.05, 0) is 43.4 Å². The first-order valence-electron chi connectivity index (χ1n) is 11.8. The third kappa shape index (κ3) is 4.62. The van der Waals surface area contributed by atoms with E-state index >= 15 is 0 Å². The number of methoxy groups -OCH3 is 1. The van der Waals surface area contributed by atoms with Crippen LogP contribution in [0.5, 0.6) is 0 Å².